The number of benzene rings is 1. The number of hydrogen-bond acceptors (Lipinski definition) is 3. The van der Waals surface area contributed by atoms with Crippen LogP contribution >= 0.6 is 0 Å². The van der Waals surface area contributed by atoms with Gasteiger partial charge in [-0.05, 0) is 30.5 Å². The number of urea groups is 1. The van der Waals surface area contributed by atoms with Crippen LogP contribution in [0, 0.1) is 0 Å². The summed E-state index contributed by atoms with van der Waals surface area (Å²) in [5.41, 5.74) is 0.897. The zero-order valence-electron chi connectivity index (χ0n) is 14.2. The van der Waals surface area contributed by atoms with Gasteiger partial charge in [-0.1, -0.05) is 19.1 Å². The van der Waals surface area contributed by atoms with Crippen LogP contribution < -0.4 is 15.4 Å². The van der Waals surface area contributed by atoms with Crippen LogP contribution in [0.25, 0.3) is 0 Å². The van der Waals surface area contributed by atoms with E-state index in [0.29, 0.717) is 26.1 Å². The third-order valence-electron chi connectivity index (χ3n) is 3.83. The van der Waals surface area contributed by atoms with Crippen LogP contribution in [0.3, 0.4) is 0 Å². The van der Waals surface area contributed by atoms with Crippen molar-refractivity contribution in [3.63, 3.8) is 0 Å². The molecule has 0 saturated carbocycles. The Balaban J connectivity index is 1.72. The van der Waals surface area contributed by atoms with Gasteiger partial charge in [0.2, 0.25) is 0 Å². The van der Waals surface area contributed by atoms with Crippen LogP contribution in [0.1, 0.15) is 25.3 Å². The largest absolute Gasteiger partial charge is 0.494 e. The monoisotopic (exact) mass is 359 g/mol. The van der Waals surface area contributed by atoms with Crippen LogP contribution in [0.5, 0.6) is 5.75 Å². The van der Waals surface area contributed by atoms with E-state index in [1.807, 2.05) is 31.2 Å². The molecule has 0 bridgehead atoms. The molecule has 0 spiro atoms. The Bertz CT molecular complexity index is 566. The second kappa shape index (κ2) is 8.94. The molecule has 1 fully saturated rings. The maximum atomic E-state index is 12.4. The number of amides is 2. The minimum Gasteiger partial charge on any atom is -0.494 e. The third-order valence-corrected chi connectivity index (χ3v) is 3.83. The number of ether oxygens (including phenoxy) is 1. The Kier molecular flexibility index (Phi) is 6.92. The molecule has 0 aliphatic carbocycles. The standard InChI is InChI=1S/C17H24F3N3O2/c1-2-8-25-15-5-3-4-13(9-15)10-21-16(24)22-14-6-7-23(11-14)12-17(18,19)20/h3-5,9,14H,2,6-8,10-12H2,1H3,(H2,21,22,24). The molecule has 1 atom stereocenters. The number of halogens is 3. The number of nitrogens with zero attached hydrogens (tertiary/aromatic N) is 1. The number of alkyl halides is 3. The maximum Gasteiger partial charge on any atom is 0.401 e. The zero-order chi connectivity index (χ0) is 18.3. The summed E-state index contributed by atoms with van der Waals surface area (Å²) in [5, 5.41) is 5.45. The van der Waals surface area contributed by atoms with Crippen molar-refractivity contribution in [1.82, 2.24) is 15.5 Å². The van der Waals surface area contributed by atoms with Crippen LogP contribution in [0.2, 0.25) is 0 Å². The van der Waals surface area contributed by atoms with Gasteiger partial charge in [0.15, 0.2) is 0 Å². The van der Waals surface area contributed by atoms with Gasteiger partial charge in [0.1, 0.15) is 5.75 Å². The minimum atomic E-state index is -4.21. The zero-order valence-corrected chi connectivity index (χ0v) is 14.2. The van der Waals surface area contributed by atoms with Crippen LogP contribution in [0.4, 0.5) is 18.0 Å². The van der Waals surface area contributed by atoms with Crippen molar-refractivity contribution in [2.75, 3.05) is 26.2 Å². The first-order valence-corrected chi connectivity index (χ1v) is 8.41. The van der Waals surface area contributed by atoms with Gasteiger partial charge in [-0.25, -0.2) is 4.79 Å². The normalized spacial score (nSPS) is 18.2. The fourth-order valence-corrected chi connectivity index (χ4v) is 2.73. The van der Waals surface area contributed by atoms with Gasteiger partial charge in [-0.15, -0.1) is 0 Å². The first kappa shape index (κ1) is 19.4. The Labute approximate surface area is 145 Å². The highest BCUT2D eigenvalue weighted by Gasteiger charge is 2.34. The van der Waals surface area contributed by atoms with E-state index in [0.717, 1.165) is 17.7 Å². The molecule has 2 amide bonds. The summed E-state index contributed by atoms with van der Waals surface area (Å²) in [4.78, 5) is 13.2. The van der Waals surface area contributed by atoms with Crippen molar-refractivity contribution >= 4 is 6.03 Å². The van der Waals surface area contributed by atoms with E-state index in [9.17, 15) is 18.0 Å². The smallest absolute Gasteiger partial charge is 0.401 e. The van der Waals surface area contributed by atoms with Crippen LogP contribution in [-0.2, 0) is 6.54 Å². The molecule has 1 aliphatic rings. The molecule has 25 heavy (non-hydrogen) atoms. The molecule has 1 unspecified atom stereocenters. The first-order valence-electron chi connectivity index (χ1n) is 8.41. The van der Waals surface area contributed by atoms with E-state index in [1.165, 1.54) is 4.90 Å². The lowest BCUT2D eigenvalue weighted by atomic mass is 10.2. The number of rotatable bonds is 7. The van der Waals surface area contributed by atoms with Crippen molar-refractivity contribution in [2.45, 2.75) is 38.5 Å². The molecule has 1 aromatic rings. The lowest BCUT2D eigenvalue weighted by Crippen LogP contribution is -2.43. The quantitative estimate of drug-likeness (QED) is 0.787. The van der Waals surface area contributed by atoms with E-state index < -0.39 is 12.7 Å². The number of carbonyl (C=O) groups is 1. The van der Waals surface area contributed by atoms with Gasteiger partial charge >= 0.3 is 12.2 Å². The average molecular weight is 359 g/mol. The van der Waals surface area contributed by atoms with Gasteiger partial charge in [0.05, 0.1) is 13.2 Å². The van der Waals surface area contributed by atoms with Crippen molar-refractivity contribution in [1.29, 1.82) is 0 Å². The Morgan fingerprint density at radius 3 is 2.92 bits per heavy atom. The lowest BCUT2D eigenvalue weighted by molar-refractivity contribution is -0.143. The van der Waals surface area contributed by atoms with Gasteiger partial charge < -0.3 is 15.4 Å². The highest BCUT2D eigenvalue weighted by molar-refractivity contribution is 5.74. The van der Waals surface area contributed by atoms with Crippen molar-refractivity contribution in [2.24, 2.45) is 0 Å². The predicted octanol–water partition coefficient (Wildman–Crippen LogP) is 2.91. The molecule has 0 radical (unpaired) electrons. The first-order chi connectivity index (χ1) is 11.9. The summed E-state index contributed by atoms with van der Waals surface area (Å²) < 4.78 is 42.6. The van der Waals surface area contributed by atoms with Crippen LogP contribution in [-0.4, -0.2) is 49.4 Å². The van der Waals surface area contributed by atoms with Crippen molar-refractivity contribution in [3.05, 3.63) is 29.8 Å². The lowest BCUT2D eigenvalue weighted by Gasteiger charge is -2.18. The highest BCUT2D eigenvalue weighted by Crippen LogP contribution is 2.20. The molecule has 140 valence electrons. The molecular formula is C17H24F3N3O2. The maximum absolute atomic E-state index is 12.4. The predicted molar refractivity (Wildman–Crippen MR) is 88.5 cm³/mol. The fraction of sp³-hybridized carbons (Fsp3) is 0.588. The third kappa shape index (κ3) is 7.21. The van der Waals surface area contributed by atoms with E-state index in [2.05, 4.69) is 10.6 Å². The summed E-state index contributed by atoms with van der Waals surface area (Å²) in [6.45, 7) is 2.60. The summed E-state index contributed by atoms with van der Waals surface area (Å²) in [7, 11) is 0. The molecule has 1 aromatic carbocycles. The summed E-state index contributed by atoms with van der Waals surface area (Å²) >= 11 is 0. The molecule has 1 heterocycles. The molecule has 8 heteroatoms. The topological polar surface area (TPSA) is 53.6 Å². The van der Waals surface area contributed by atoms with Crippen molar-refractivity contribution in [3.8, 4) is 5.75 Å². The second-order valence-corrected chi connectivity index (χ2v) is 6.16. The number of likely N-dealkylation sites (tertiary alicyclic amines) is 1. The molecule has 2 rings (SSSR count). The molecule has 0 aromatic heterocycles. The van der Waals surface area contributed by atoms with Gasteiger partial charge in [0.25, 0.3) is 0 Å². The van der Waals surface area contributed by atoms with Crippen LogP contribution in [0.15, 0.2) is 24.3 Å². The highest BCUT2D eigenvalue weighted by atomic mass is 19.4. The van der Waals surface area contributed by atoms with Gasteiger partial charge in [0, 0.05) is 25.7 Å². The molecule has 1 saturated heterocycles. The van der Waals surface area contributed by atoms with Crippen molar-refractivity contribution < 1.29 is 22.7 Å². The van der Waals surface area contributed by atoms with Gasteiger partial charge in [-0.2, -0.15) is 13.2 Å². The second-order valence-electron chi connectivity index (χ2n) is 6.16. The number of carbonyl (C=O) groups excluding carboxylic acids is 1. The Morgan fingerprint density at radius 2 is 2.20 bits per heavy atom. The number of nitrogens with one attached hydrogen (secondary N) is 2. The average Bonchev–Trinajstić information content (AvgIpc) is 2.96. The molecule has 1 aliphatic heterocycles. The Morgan fingerprint density at radius 1 is 1.40 bits per heavy atom. The summed E-state index contributed by atoms with van der Waals surface area (Å²) in [6, 6.07) is 6.80. The van der Waals surface area contributed by atoms with Gasteiger partial charge in [-0.3, -0.25) is 4.90 Å². The SMILES string of the molecule is CCCOc1cccc(CNC(=O)NC2CCN(CC(F)(F)F)C2)c1. The summed E-state index contributed by atoms with van der Waals surface area (Å²) in [5.74, 6) is 0.750. The van der Waals surface area contributed by atoms with E-state index in [-0.39, 0.29) is 18.6 Å². The molecular weight excluding hydrogens is 335 g/mol. The van der Waals surface area contributed by atoms with E-state index >= 15 is 0 Å². The van der Waals surface area contributed by atoms with E-state index in [4.69, 9.17) is 4.74 Å². The Hall–Kier alpha value is -1.96. The molecule has 5 nitrogen and oxygen atoms in total. The fourth-order valence-electron chi connectivity index (χ4n) is 2.73. The minimum absolute atomic E-state index is 0.216. The summed E-state index contributed by atoms with van der Waals surface area (Å²) in [6.07, 6.45) is -2.77. The molecule has 2 N–H and O–H groups in total. The number of hydrogen-bond donors (Lipinski definition) is 2. The van der Waals surface area contributed by atoms with E-state index in [1.54, 1.807) is 0 Å².